The van der Waals surface area contributed by atoms with E-state index in [1.165, 1.54) is 0 Å². The summed E-state index contributed by atoms with van der Waals surface area (Å²) < 4.78 is 0. The highest BCUT2D eigenvalue weighted by Crippen LogP contribution is 2.04. The molecule has 2 aromatic rings. The highest BCUT2D eigenvalue weighted by Gasteiger charge is 2.15. The minimum absolute atomic E-state index is 0.242. The van der Waals surface area contributed by atoms with E-state index in [4.69, 9.17) is 0 Å². The Kier molecular flexibility index (Phi) is 3.58. The fourth-order valence-corrected chi connectivity index (χ4v) is 1.31. The van der Waals surface area contributed by atoms with Crippen LogP contribution in [0.4, 0.5) is 5.69 Å². The second-order valence-corrected chi connectivity index (χ2v) is 3.40. The summed E-state index contributed by atoms with van der Waals surface area (Å²) >= 11 is 0. The third-order valence-electron chi connectivity index (χ3n) is 2.15. The number of nitrogens with one attached hydrogen (secondary N) is 1. The molecule has 0 amide bonds. The average Bonchev–Trinajstić information content (AvgIpc) is 2.41. The van der Waals surface area contributed by atoms with Gasteiger partial charge in [-0.25, -0.2) is 4.79 Å². The lowest BCUT2D eigenvalue weighted by Crippen LogP contribution is -2.01. The summed E-state index contributed by atoms with van der Waals surface area (Å²) in [5.74, 6) is -0.242. The van der Waals surface area contributed by atoms with E-state index in [-0.39, 0.29) is 5.78 Å². The maximum absolute atomic E-state index is 11.6. The van der Waals surface area contributed by atoms with Crippen LogP contribution in [0.2, 0.25) is 0 Å². The molecule has 2 rings (SSSR count). The molecule has 0 aromatic heterocycles. The van der Waals surface area contributed by atoms with E-state index in [9.17, 15) is 4.79 Å². The normalized spacial score (nSPS) is 9.88. The highest BCUT2D eigenvalue weighted by molar-refractivity contribution is 6.35. The monoisotopic (exact) mass is 223 g/mol. The minimum atomic E-state index is -0.242. The van der Waals surface area contributed by atoms with Crippen LogP contribution in [-0.4, -0.2) is 12.0 Å². The van der Waals surface area contributed by atoms with Gasteiger partial charge in [-0.05, 0) is 29.4 Å². The SMILES string of the molecule is O=C([C+]=NNc1ccccc1)c1ccccc1. The molecule has 0 radical (unpaired) electrons. The van der Waals surface area contributed by atoms with Crippen molar-refractivity contribution in [2.75, 3.05) is 5.43 Å². The Morgan fingerprint density at radius 1 is 0.941 bits per heavy atom. The van der Waals surface area contributed by atoms with Crippen LogP contribution in [0.25, 0.3) is 0 Å². The van der Waals surface area contributed by atoms with Crippen molar-refractivity contribution in [3.8, 4) is 0 Å². The average molecular weight is 223 g/mol. The maximum Gasteiger partial charge on any atom is 0.425 e. The molecule has 82 valence electrons. The van der Waals surface area contributed by atoms with Crippen LogP contribution in [0, 0.1) is 0 Å². The van der Waals surface area contributed by atoms with Gasteiger partial charge >= 0.3 is 5.78 Å². The topological polar surface area (TPSA) is 41.5 Å². The summed E-state index contributed by atoms with van der Waals surface area (Å²) in [6, 6.07) is 18.3. The van der Waals surface area contributed by atoms with Crippen molar-refractivity contribution in [2.24, 2.45) is 5.10 Å². The van der Waals surface area contributed by atoms with Crippen molar-refractivity contribution in [3.05, 3.63) is 66.2 Å². The van der Waals surface area contributed by atoms with Gasteiger partial charge in [0, 0.05) is 12.1 Å². The number of nitrogens with zero attached hydrogens (tertiary/aromatic N) is 1. The number of hydrazone groups is 1. The number of hydrogen-bond donors (Lipinski definition) is 1. The Morgan fingerprint density at radius 2 is 1.53 bits per heavy atom. The second kappa shape index (κ2) is 5.54. The van der Waals surface area contributed by atoms with Crippen molar-refractivity contribution in [3.63, 3.8) is 0 Å². The summed E-state index contributed by atoms with van der Waals surface area (Å²) in [4.78, 5) is 11.6. The van der Waals surface area contributed by atoms with Crippen LogP contribution >= 0.6 is 0 Å². The summed E-state index contributed by atoms with van der Waals surface area (Å²) in [7, 11) is 0. The number of Topliss-reactive ketones (excluding diaryl/α,β-unsaturated/α-hetero) is 1. The molecule has 2 aromatic carbocycles. The van der Waals surface area contributed by atoms with E-state index in [0.29, 0.717) is 5.56 Å². The molecule has 0 spiro atoms. The second-order valence-electron chi connectivity index (χ2n) is 3.40. The van der Waals surface area contributed by atoms with Crippen LogP contribution < -0.4 is 5.43 Å². The fraction of sp³-hybridized carbons (Fsp3) is 0. The molecule has 3 nitrogen and oxygen atoms in total. The van der Waals surface area contributed by atoms with Crippen LogP contribution in [0.1, 0.15) is 10.4 Å². The first-order chi connectivity index (χ1) is 8.36. The van der Waals surface area contributed by atoms with E-state index in [0.717, 1.165) is 5.69 Å². The quantitative estimate of drug-likeness (QED) is 0.375. The molecule has 17 heavy (non-hydrogen) atoms. The molecule has 0 fully saturated rings. The molecule has 0 saturated heterocycles. The molecular formula is C14H11N2O+. The molecule has 0 bridgehead atoms. The lowest BCUT2D eigenvalue weighted by Gasteiger charge is -1.93. The van der Waals surface area contributed by atoms with Gasteiger partial charge in [-0.1, -0.05) is 24.3 Å². The number of carbonyl (C=O) groups excluding carboxylic acids is 1. The van der Waals surface area contributed by atoms with E-state index >= 15 is 0 Å². The maximum atomic E-state index is 11.6. The molecule has 3 heteroatoms. The number of ketones is 1. The largest absolute Gasteiger partial charge is 0.425 e. The zero-order valence-corrected chi connectivity index (χ0v) is 9.13. The molecule has 0 aliphatic heterocycles. The van der Waals surface area contributed by atoms with Crippen LogP contribution in [-0.2, 0) is 0 Å². The number of benzene rings is 2. The first-order valence-corrected chi connectivity index (χ1v) is 5.22. The molecular weight excluding hydrogens is 212 g/mol. The Hall–Kier alpha value is -2.51. The van der Waals surface area contributed by atoms with Gasteiger partial charge in [0.25, 0.3) is 6.21 Å². The van der Waals surface area contributed by atoms with Crippen molar-refractivity contribution in [1.29, 1.82) is 0 Å². The molecule has 0 heterocycles. The summed E-state index contributed by atoms with van der Waals surface area (Å²) in [6.45, 7) is 0. The Morgan fingerprint density at radius 3 is 2.18 bits per heavy atom. The predicted octanol–water partition coefficient (Wildman–Crippen LogP) is 2.84. The minimum Gasteiger partial charge on any atom is -0.251 e. The number of carbonyl (C=O) groups is 1. The van der Waals surface area contributed by atoms with Gasteiger partial charge < -0.3 is 0 Å². The number of rotatable bonds is 4. The Bertz CT molecular complexity index is 506. The molecule has 1 N–H and O–H groups in total. The molecule has 0 saturated carbocycles. The number of anilines is 1. The van der Waals surface area contributed by atoms with Crippen LogP contribution in [0.15, 0.2) is 65.8 Å². The zero-order chi connectivity index (χ0) is 11.9. The third kappa shape index (κ3) is 3.23. The Labute approximate surface area is 99.8 Å². The fourth-order valence-electron chi connectivity index (χ4n) is 1.31. The predicted molar refractivity (Wildman–Crippen MR) is 68.3 cm³/mol. The first kappa shape index (κ1) is 11.0. The van der Waals surface area contributed by atoms with Crippen molar-refractivity contribution in [1.82, 2.24) is 0 Å². The number of para-hydroxylation sites is 1. The number of hydrogen-bond acceptors (Lipinski definition) is 3. The van der Waals surface area contributed by atoms with Gasteiger partial charge in [0.05, 0.1) is 5.69 Å². The highest BCUT2D eigenvalue weighted by atomic mass is 16.1. The van der Waals surface area contributed by atoms with Gasteiger partial charge in [-0.15, -0.1) is 0 Å². The van der Waals surface area contributed by atoms with Gasteiger partial charge in [-0.3, -0.25) is 5.43 Å². The molecule has 0 aliphatic carbocycles. The van der Waals surface area contributed by atoms with E-state index in [2.05, 4.69) is 16.7 Å². The van der Waals surface area contributed by atoms with Crippen molar-refractivity contribution < 1.29 is 4.79 Å². The third-order valence-corrected chi connectivity index (χ3v) is 2.15. The summed E-state index contributed by atoms with van der Waals surface area (Å²) in [5, 5.41) is 3.77. The van der Waals surface area contributed by atoms with Crippen molar-refractivity contribution in [2.45, 2.75) is 0 Å². The lowest BCUT2D eigenvalue weighted by molar-refractivity contribution is 0.107. The molecule has 0 unspecified atom stereocenters. The van der Waals surface area contributed by atoms with E-state index in [1.54, 1.807) is 24.3 Å². The van der Waals surface area contributed by atoms with Gasteiger partial charge in [0.15, 0.2) is 5.56 Å². The molecule has 0 atom stereocenters. The first-order valence-electron chi connectivity index (χ1n) is 5.22. The zero-order valence-electron chi connectivity index (χ0n) is 9.13. The summed E-state index contributed by atoms with van der Waals surface area (Å²) in [5.41, 5.74) is 4.13. The van der Waals surface area contributed by atoms with E-state index < -0.39 is 0 Å². The van der Waals surface area contributed by atoms with E-state index in [1.807, 2.05) is 36.4 Å². The van der Waals surface area contributed by atoms with Crippen LogP contribution in [0.5, 0.6) is 0 Å². The van der Waals surface area contributed by atoms with Gasteiger partial charge in [0.2, 0.25) is 0 Å². The van der Waals surface area contributed by atoms with Gasteiger partial charge in [-0.2, -0.15) is 0 Å². The van der Waals surface area contributed by atoms with Gasteiger partial charge in [0.1, 0.15) is 0 Å². The van der Waals surface area contributed by atoms with Crippen LogP contribution in [0.3, 0.4) is 0 Å². The molecule has 0 aliphatic rings. The Balaban J connectivity index is 1.96. The standard InChI is InChI=1S/C14H10N2O/c17-14(12-7-3-1-4-8-12)11-15-16-13-9-5-2-6-10-13/h1-10H/p+1. The smallest absolute Gasteiger partial charge is 0.251 e. The van der Waals surface area contributed by atoms with Crippen molar-refractivity contribution >= 4 is 17.7 Å². The summed E-state index contributed by atoms with van der Waals surface area (Å²) in [6.07, 6.45) is 2.42. The lowest BCUT2D eigenvalue weighted by atomic mass is 10.1.